The highest BCUT2D eigenvalue weighted by Gasteiger charge is 2.22. The first-order chi connectivity index (χ1) is 11.5. The second kappa shape index (κ2) is 5.48. The molecule has 0 heteroatoms. The van der Waals surface area contributed by atoms with E-state index < -0.39 is 0 Å². The molecular formula is C24H26. The van der Waals surface area contributed by atoms with Crippen LogP contribution in [-0.2, 0) is 0 Å². The summed E-state index contributed by atoms with van der Waals surface area (Å²) in [5.41, 5.74) is 11.6. The first-order valence-electron chi connectivity index (χ1n) is 9.09. The SMILES string of the molecule is CC1=Cc2cc(C(C)c3ccc4c(c3)C=C(C)C4C)ccc2C1C. The molecule has 0 aromatic heterocycles. The molecule has 0 saturated heterocycles. The fraction of sp³-hybridized carbons (Fsp3) is 0.333. The van der Waals surface area contributed by atoms with Crippen LogP contribution in [-0.4, -0.2) is 0 Å². The lowest BCUT2D eigenvalue weighted by Crippen LogP contribution is -2.00. The summed E-state index contributed by atoms with van der Waals surface area (Å²) in [5.74, 6) is 1.56. The third kappa shape index (κ3) is 2.28. The van der Waals surface area contributed by atoms with Crippen LogP contribution in [0.25, 0.3) is 12.2 Å². The fourth-order valence-corrected chi connectivity index (χ4v) is 4.19. The van der Waals surface area contributed by atoms with Gasteiger partial charge in [0, 0.05) is 17.8 Å². The van der Waals surface area contributed by atoms with Crippen LogP contribution in [0.15, 0.2) is 47.5 Å². The van der Waals surface area contributed by atoms with Gasteiger partial charge >= 0.3 is 0 Å². The van der Waals surface area contributed by atoms with Crippen molar-refractivity contribution in [3.8, 4) is 0 Å². The third-order valence-corrected chi connectivity index (χ3v) is 6.29. The zero-order chi connectivity index (χ0) is 17.0. The summed E-state index contributed by atoms with van der Waals surface area (Å²) >= 11 is 0. The predicted molar refractivity (Wildman–Crippen MR) is 105 cm³/mol. The van der Waals surface area contributed by atoms with E-state index in [0.717, 1.165) is 0 Å². The summed E-state index contributed by atoms with van der Waals surface area (Å²) in [6.45, 7) is 11.4. The van der Waals surface area contributed by atoms with Crippen LogP contribution in [0, 0.1) is 0 Å². The van der Waals surface area contributed by atoms with E-state index in [-0.39, 0.29) is 0 Å². The van der Waals surface area contributed by atoms with Crippen molar-refractivity contribution >= 4 is 12.2 Å². The molecule has 0 spiro atoms. The second-order valence-corrected chi connectivity index (χ2v) is 7.72. The summed E-state index contributed by atoms with van der Waals surface area (Å²) in [4.78, 5) is 0. The molecule has 0 radical (unpaired) electrons. The van der Waals surface area contributed by atoms with Gasteiger partial charge in [0.1, 0.15) is 0 Å². The molecular weight excluding hydrogens is 288 g/mol. The monoisotopic (exact) mass is 314 g/mol. The van der Waals surface area contributed by atoms with Crippen LogP contribution in [0.1, 0.15) is 85.8 Å². The Morgan fingerprint density at radius 1 is 0.708 bits per heavy atom. The van der Waals surface area contributed by atoms with Crippen molar-refractivity contribution in [2.24, 2.45) is 0 Å². The maximum Gasteiger partial charge on any atom is 0.00614 e. The van der Waals surface area contributed by atoms with Gasteiger partial charge in [0.05, 0.1) is 0 Å². The van der Waals surface area contributed by atoms with Crippen molar-refractivity contribution in [1.82, 2.24) is 0 Å². The number of fused-ring (bicyclic) bond motifs is 2. The molecule has 122 valence electrons. The highest BCUT2D eigenvalue weighted by molar-refractivity contribution is 5.68. The van der Waals surface area contributed by atoms with E-state index in [2.05, 4.69) is 83.2 Å². The molecule has 2 aromatic carbocycles. The first-order valence-corrected chi connectivity index (χ1v) is 9.09. The molecule has 0 bridgehead atoms. The summed E-state index contributed by atoms with van der Waals surface area (Å²) in [6.07, 6.45) is 4.71. The topological polar surface area (TPSA) is 0 Å². The lowest BCUT2D eigenvalue weighted by Gasteiger charge is -2.17. The third-order valence-electron chi connectivity index (χ3n) is 6.29. The molecule has 0 heterocycles. The normalized spacial score (nSPS) is 22.7. The van der Waals surface area contributed by atoms with Crippen molar-refractivity contribution < 1.29 is 0 Å². The van der Waals surface area contributed by atoms with Gasteiger partial charge in [0.25, 0.3) is 0 Å². The van der Waals surface area contributed by atoms with Crippen molar-refractivity contribution in [3.05, 3.63) is 80.9 Å². The molecule has 2 atom stereocenters. The average Bonchev–Trinajstić information content (AvgIpc) is 3.02. The lowest BCUT2D eigenvalue weighted by molar-refractivity contribution is 0.892. The van der Waals surface area contributed by atoms with Crippen molar-refractivity contribution in [2.75, 3.05) is 0 Å². The van der Waals surface area contributed by atoms with Gasteiger partial charge in [0.15, 0.2) is 0 Å². The largest absolute Gasteiger partial charge is 0.0655 e. The minimum Gasteiger partial charge on any atom is -0.0655 e. The molecule has 2 aliphatic rings. The Morgan fingerprint density at radius 3 is 1.54 bits per heavy atom. The van der Waals surface area contributed by atoms with Crippen LogP contribution in [0.4, 0.5) is 0 Å². The summed E-state index contributed by atoms with van der Waals surface area (Å²) in [5, 5.41) is 0. The van der Waals surface area contributed by atoms with Crippen molar-refractivity contribution in [2.45, 2.75) is 52.4 Å². The summed E-state index contributed by atoms with van der Waals surface area (Å²) in [7, 11) is 0. The Bertz CT molecular complexity index is 805. The molecule has 2 unspecified atom stereocenters. The van der Waals surface area contributed by atoms with E-state index in [1.165, 1.54) is 44.5 Å². The van der Waals surface area contributed by atoms with Gasteiger partial charge in [-0.15, -0.1) is 0 Å². The molecule has 0 aliphatic heterocycles. The van der Waals surface area contributed by atoms with Gasteiger partial charge in [-0.2, -0.15) is 0 Å². The lowest BCUT2D eigenvalue weighted by atomic mass is 9.88. The van der Waals surface area contributed by atoms with Crippen LogP contribution < -0.4 is 0 Å². The molecule has 0 nitrogen and oxygen atoms in total. The molecule has 0 N–H and O–H groups in total. The van der Waals surface area contributed by atoms with Gasteiger partial charge in [-0.05, 0) is 47.2 Å². The molecule has 0 amide bonds. The zero-order valence-corrected chi connectivity index (χ0v) is 15.4. The highest BCUT2D eigenvalue weighted by atomic mass is 14.3. The van der Waals surface area contributed by atoms with E-state index >= 15 is 0 Å². The van der Waals surface area contributed by atoms with E-state index in [1.807, 2.05) is 0 Å². The van der Waals surface area contributed by atoms with E-state index in [1.54, 1.807) is 0 Å². The number of hydrogen-bond acceptors (Lipinski definition) is 0. The minimum atomic E-state index is 0.426. The van der Waals surface area contributed by atoms with E-state index in [9.17, 15) is 0 Å². The van der Waals surface area contributed by atoms with Crippen molar-refractivity contribution in [1.29, 1.82) is 0 Å². The Kier molecular flexibility index (Phi) is 3.53. The first kappa shape index (κ1) is 15.4. The molecule has 4 rings (SSSR count). The van der Waals surface area contributed by atoms with Crippen LogP contribution in [0.2, 0.25) is 0 Å². The summed E-state index contributed by atoms with van der Waals surface area (Å²) in [6, 6.07) is 14.1. The quantitative estimate of drug-likeness (QED) is 0.567. The Hall–Kier alpha value is -2.08. The highest BCUT2D eigenvalue weighted by Crippen LogP contribution is 2.40. The van der Waals surface area contributed by atoms with Gasteiger partial charge in [-0.3, -0.25) is 0 Å². The maximum absolute atomic E-state index is 2.39. The van der Waals surface area contributed by atoms with E-state index in [4.69, 9.17) is 0 Å². The predicted octanol–water partition coefficient (Wildman–Crippen LogP) is 6.88. The molecule has 24 heavy (non-hydrogen) atoms. The van der Waals surface area contributed by atoms with Crippen molar-refractivity contribution in [3.63, 3.8) is 0 Å². The van der Waals surface area contributed by atoms with Crippen LogP contribution >= 0.6 is 0 Å². The maximum atomic E-state index is 2.39. The summed E-state index contributed by atoms with van der Waals surface area (Å²) < 4.78 is 0. The molecule has 2 aliphatic carbocycles. The van der Waals surface area contributed by atoms with Gasteiger partial charge in [-0.1, -0.05) is 80.5 Å². The molecule has 0 saturated carbocycles. The van der Waals surface area contributed by atoms with Gasteiger partial charge < -0.3 is 0 Å². The molecule has 0 fully saturated rings. The average molecular weight is 314 g/mol. The fourth-order valence-electron chi connectivity index (χ4n) is 4.19. The number of allylic oxidation sites excluding steroid dienone is 2. The van der Waals surface area contributed by atoms with Gasteiger partial charge in [-0.25, -0.2) is 0 Å². The Morgan fingerprint density at radius 2 is 1.12 bits per heavy atom. The minimum absolute atomic E-state index is 0.426. The molecule has 2 aromatic rings. The Labute approximate surface area is 145 Å². The number of rotatable bonds is 2. The zero-order valence-electron chi connectivity index (χ0n) is 15.4. The second-order valence-electron chi connectivity index (χ2n) is 7.72. The number of benzene rings is 2. The standard InChI is InChI=1S/C24H26/c1-14-10-21-12-19(6-8-23(21)16(14)3)18(5)20-7-9-24-17(4)15(2)11-22(24)13-20/h6-13,16-18H,1-5H3. The smallest absolute Gasteiger partial charge is 0.00614 e. The Balaban J connectivity index is 1.70. The van der Waals surface area contributed by atoms with Crippen LogP contribution in [0.3, 0.4) is 0 Å². The van der Waals surface area contributed by atoms with Crippen LogP contribution in [0.5, 0.6) is 0 Å². The number of hydrogen-bond donors (Lipinski definition) is 0. The van der Waals surface area contributed by atoms with E-state index in [0.29, 0.717) is 17.8 Å². The van der Waals surface area contributed by atoms with Gasteiger partial charge in [0.2, 0.25) is 0 Å².